The Bertz CT molecular complexity index is 1430. The van der Waals surface area contributed by atoms with Crippen molar-refractivity contribution in [3.05, 3.63) is 84.0 Å². The number of hydrogen-bond acceptors (Lipinski definition) is 9. The summed E-state index contributed by atoms with van der Waals surface area (Å²) in [6.07, 6.45) is -0.458. The second-order valence-corrected chi connectivity index (χ2v) is 10.9. The standard InChI is InChI=1S/C23H21F3N4O3S3/c1-14(33-13-34-2)18(27)12-20(28-19-10-5-4-9-17(19)23(24,25)26)21-29-22(35-30-21)15-7-6-8-16(11-15)36(3,31)32/h4-12H,1,13,27H2,2-3H3. The Morgan fingerprint density at radius 3 is 2.64 bits per heavy atom. The molecule has 2 N–H and O–H groups in total. The SMILES string of the molecule is C=C(OCSC)C(N)=CC(=Nc1ccccc1C(F)(F)F)c1nsc(-c2cccc(S(C)(=O)=O)c2)n1. The van der Waals surface area contributed by atoms with Crippen LogP contribution in [0.25, 0.3) is 10.6 Å². The van der Waals surface area contributed by atoms with E-state index in [1.165, 1.54) is 48.2 Å². The number of aromatic nitrogens is 2. The molecule has 0 radical (unpaired) electrons. The third kappa shape index (κ3) is 6.95. The maximum Gasteiger partial charge on any atom is 0.418 e. The summed E-state index contributed by atoms with van der Waals surface area (Å²) in [6.45, 7) is 3.73. The van der Waals surface area contributed by atoms with Gasteiger partial charge in [-0.15, -0.1) is 11.8 Å². The van der Waals surface area contributed by atoms with Gasteiger partial charge in [-0.1, -0.05) is 30.8 Å². The molecule has 0 aliphatic carbocycles. The van der Waals surface area contributed by atoms with Crippen molar-refractivity contribution in [3.8, 4) is 10.6 Å². The Labute approximate surface area is 214 Å². The van der Waals surface area contributed by atoms with Crippen LogP contribution >= 0.6 is 23.3 Å². The minimum atomic E-state index is -4.64. The normalized spacial score (nSPS) is 13.0. The van der Waals surface area contributed by atoms with Gasteiger partial charge in [0.25, 0.3) is 0 Å². The molecule has 0 saturated carbocycles. The van der Waals surface area contributed by atoms with Crippen molar-refractivity contribution in [1.29, 1.82) is 0 Å². The first-order chi connectivity index (χ1) is 16.9. The van der Waals surface area contributed by atoms with Gasteiger partial charge in [0, 0.05) is 11.8 Å². The largest absolute Gasteiger partial charge is 0.481 e. The number of halogens is 3. The second kappa shape index (κ2) is 11.3. The molecule has 1 aromatic heterocycles. The number of alkyl halides is 3. The first kappa shape index (κ1) is 27.4. The van der Waals surface area contributed by atoms with Gasteiger partial charge in [-0.2, -0.15) is 17.5 Å². The van der Waals surface area contributed by atoms with Crippen molar-refractivity contribution < 1.29 is 26.3 Å². The summed E-state index contributed by atoms with van der Waals surface area (Å²) in [5, 5.41) is 0.344. The molecule has 36 heavy (non-hydrogen) atoms. The van der Waals surface area contributed by atoms with Crippen LogP contribution in [0.3, 0.4) is 0 Å². The van der Waals surface area contributed by atoms with Crippen molar-refractivity contribution in [2.24, 2.45) is 10.7 Å². The summed E-state index contributed by atoms with van der Waals surface area (Å²) in [6, 6.07) is 10.9. The number of para-hydroxylation sites is 1. The average Bonchev–Trinajstić information content (AvgIpc) is 3.31. The molecule has 2 aromatic carbocycles. The van der Waals surface area contributed by atoms with E-state index in [9.17, 15) is 21.6 Å². The third-order valence-corrected chi connectivity index (χ3v) is 6.81. The van der Waals surface area contributed by atoms with E-state index in [4.69, 9.17) is 10.5 Å². The molecular formula is C23H21F3N4O3S3. The third-order valence-electron chi connectivity index (χ3n) is 4.58. The van der Waals surface area contributed by atoms with Gasteiger partial charge in [-0.25, -0.2) is 18.4 Å². The average molecular weight is 555 g/mol. The van der Waals surface area contributed by atoms with Gasteiger partial charge in [-0.3, -0.25) is 0 Å². The highest BCUT2D eigenvalue weighted by Crippen LogP contribution is 2.36. The fraction of sp³-hybridized carbons (Fsp3) is 0.174. The molecule has 0 unspecified atom stereocenters. The van der Waals surface area contributed by atoms with Gasteiger partial charge in [0.1, 0.15) is 22.4 Å². The molecular weight excluding hydrogens is 533 g/mol. The fourth-order valence-electron chi connectivity index (χ4n) is 2.83. The maximum absolute atomic E-state index is 13.6. The summed E-state index contributed by atoms with van der Waals surface area (Å²) in [5.41, 5.74) is 5.22. The van der Waals surface area contributed by atoms with Crippen LogP contribution in [-0.4, -0.2) is 41.9 Å². The number of nitrogens with zero attached hydrogens (tertiary/aromatic N) is 3. The number of hydrogen-bond donors (Lipinski definition) is 1. The molecule has 0 spiro atoms. The van der Waals surface area contributed by atoms with E-state index < -0.39 is 21.6 Å². The zero-order valence-electron chi connectivity index (χ0n) is 19.1. The number of benzene rings is 2. The maximum atomic E-state index is 13.6. The number of thioether (sulfide) groups is 1. The molecule has 0 bridgehead atoms. The molecule has 190 valence electrons. The van der Waals surface area contributed by atoms with Crippen LogP contribution < -0.4 is 5.73 Å². The van der Waals surface area contributed by atoms with E-state index in [2.05, 4.69) is 20.9 Å². The number of ether oxygens (including phenoxy) is 1. The molecule has 0 saturated heterocycles. The Morgan fingerprint density at radius 1 is 1.25 bits per heavy atom. The predicted molar refractivity (Wildman–Crippen MR) is 137 cm³/mol. The van der Waals surface area contributed by atoms with Gasteiger partial charge >= 0.3 is 6.18 Å². The van der Waals surface area contributed by atoms with E-state index >= 15 is 0 Å². The molecule has 0 fully saturated rings. The molecule has 3 rings (SSSR count). The molecule has 0 aliphatic rings. The van der Waals surface area contributed by atoms with Crippen LogP contribution in [0.4, 0.5) is 18.9 Å². The highest BCUT2D eigenvalue weighted by Gasteiger charge is 2.33. The summed E-state index contributed by atoms with van der Waals surface area (Å²) < 4.78 is 74.2. The van der Waals surface area contributed by atoms with E-state index in [0.717, 1.165) is 23.9 Å². The quantitative estimate of drug-likeness (QED) is 0.162. The lowest BCUT2D eigenvalue weighted by Gasteiger charge is -2.11. The second-order valence-electron chi connectivity index (χ2n) is 7.31. The monoisotopic (exact) mass is 554 g/mol. The minimum absolute atomic E-state index is 0.00245. The topological polar surface area (TPSA) is 108 Å². The number of rotatable bonds is 9. The summed E-state index contributed by atoms with van der Waals surface area (Å²) in [4.78, 5) is 8.67. The zero-order chi connectivity index (χ0) is 26.5. The van der Waals surface area contributed by atoms with Gasteiger partial charge < -0.3 is 10.5 Å². The molecule has 0 atom stereocenters. The first-order valence-corrected chi connectivity index (χ1v) is 14.1. The van der Waals surface area contributed by atoms with Gasteiger partial charge in [-0.05, 0) is 48.1 Å². The molecule has 0 amide bonds. The smallest absolute Gasteiger partial charge is 0.418 e. The molecule has 1 heterocycles. The Hall–Kier alpha value is -3.16. The molecule has 13 heteroatoms. The van der Waals surface area contributed by atoms with E-state index in [-0.39, 0.29) is 39.5 Å². The Morgan fingerprint density at radius 2 is 1.97 bits per heavy atom. The van der Waals surface area contributed by atoms with Crippen molar-refractivity contribution in [2.45, 2.75) is 11.1 Å². The number of allylic oxidation sites excluding steroid dienone is 1. The van der Waals surface area contributed by atoms with Crippen molar-refractivity contribution in [3.63, 3.8) is 0 Å². The zero-order valence-corrected chi connectivity index (χ0v) is 21.6. The highest BCUT2D eigenvalue weighted by atomic mass is 32.2. The van der Waals surface area contributed by atoms with Crippen LogP contribution in [-0.2, 0) is 20.8 Å². The number of aliphatic imine (C=N–C) groups is 1. The van der Waals surface area contributed by atoms with Crippen molar-refractivity contribution in [1.82, 2.24) is 9.36 Å². The summed E-state index contributed by atoms with van der Waals surface area (Å²) in [5.74, 6) is 0.377. The number of sulfone groups is 1. The minimum Gasteiger partial charge on any atom is -0.481 e. The van der Waals surface area contributed by atoms with Crippen LogP contribution in [0.1, 0.15) is 11.4 Å². The molecule has 3 aromatic rings. The first-order valence-electron chi connectivity index (χ1n) is 10.1. The Kier molecular flexibility index (Phi) is 8.59. The molecule has 0 aliphatic heterocycles. The van der Waals surface area contributed by atoms with E-state index in [1.54, 1.807) is 12.1 Å². The lowest BCUT2D eigenvalue weighted by Crippen LogP contribution is -2.10. The van der Waals surface area contributed by atoms with Crippen LogP contribution in [0.15, 0.2) is 82.5 Å². The lowest BCUT2D eigenvalue weighted by atomic mass is 10.1. The van der Waals surface area contributed by atoms with Gasteiger partial charge in [0.05, 0.1) is 21.8 Å². The lowest BCUT2D eigenvalue weighted by molar-refractivity contribution is -0.137. The van der Waals surface area contributed by atoms with E-state index in [1.807, 2.05) is 6.26 Å². The summed E-state index contributed by atoms with van der Waals surface area (Å²) >= 11 is 2.32. The van der Waals surface area contributed by atoms with Gasteiger partial charge in [0.2, 0.25) is 0 Å². The molecule has 7 nitrogen and oxygen atoms in total. The van der Waals surface area contributed by atoms with Crippen LogP contribution in [0, 0.1) is 0 Å². The van der Waals surface area contributed by atoms with Gasteiger partial charge in [0.15, 0.2) is 15.7 Å². The van der Waals surface area contributed by atoms with Crippen LogP contribution in [0.2, 0.25) is 0 Å². The highest BCUT2D eigenvalue weighted by molar-refractivity contribution is 7.98. The van der Waals surface area contributed by atoms with Crippen molar-refractivity contribution >= 4 is 44.5 Å². The van der Waals surface area contributed by atoms with Crippen molar-refractivity contribution in [2.75, 3.05) is 18.5 Å². The Balaban J connectivity index is 2.12. The predicted octanol–water partition coefficient (Wildman–Crippen LogP) is 5.44. The fourth-order valence-corrected chi connectivity index (χ4v) is 4.43. The van der Waals surface area contributed by atoms with E-state index in [0.29, 0.717) is 10.6 Å². The van der Waals surface area contributed by atoms with Crippen LogP contribution in [0.5, 0.6) is 0 Å². The summed E-state index contributed by atoms with van der Waals surface area (Å²) in [7, 11) is -3.46. The number of nitrogens with two attached hydrogens (primary N) is 1.